The maximum atomic E-state index is 13.4. The van der Waals surface area contributed by atoms with Crippen LogP contribution in [0.4, 0.5) is 10.9 Å². The standard InChI is InChI=1S/C28H32N6O4S.CH2O2/c1-7-34(27-30-15(2)22(39-27)26(36)37-28(4,5)6)25(35)19-12-20(13-19)32-24-21-14-18(23-31-16(3)38-33-23)9-8-17(21)10-11-29-24;2-1-3/h8-11,14,19-20H,7,12-13H2,1-6H3,(H,29,32);1H,(H,2,3). The lowest BCUT2D eigenvalue weighted by molar-refractivity contribution is -0.125. The Balaban J connectivity index is 0.00000129. The lowest BCUT2D eigenvalue weighted by Crippen LogP contribution is -2.46. The van der Waals surface area contributed by atoms with Crippen molar-refractivity contribution in [3.05, 3.63) is 46.9 Å². The Morgan fingerprint density at radius 1 is 1.21 bits per heavy atom. The van der Waals surface area contributed by atoms with E-state index < -0.39 is 11.6 Å². The van der Waals surface area contributed by atoms with Gasteiger partial charge in [0.2, 0.25) is 17.6 Å². The number of amides is 1. The average molecular weight is 595 g/mol. The molecule has 1 aliphatic rings. The van der Waals surface area contributed by atoms with E-state index in [4.69, 9.17) is 19.2 Å². The number of thiazole rings is 1. The normalized spacial score (nSPS) is 16.1. The second-order valence-corrected chi connectivity index (χ2v) is 11.8. The summed E-state index contributed by atoms with van der Waals surface area (Å²) in [6.45, 7) is 11.1. The number of nitrogens with zero attached hydrogens (tertiary/aromatic N) is 5. The number of anilines is 2. The smallest absolute Gasteiger partial charge is 0.350 e. The monoisotopic (exact) mass is 594 g/mol. The molecule has 4 aromatic rings. The number of pyridine rings is 1. The van der Waals surface area contributed by atoms with Gasteiger partial charge in [0.1, 0.15) is 16.3 Å². The number of ether oxygens (including phenoxy) is 1. The highest BCUT2D eigenvalue weighted by Gasteiger charge is 2.38. The third-order valence-electron chi connectivity index (χ3n) is 6.56. The fourth-order valence-corrected chi connectivity index (χ4v) is 5.60. The summed E-state index contributed by atoms with van der Waals surface area (Å²) in [7, 11) is 0. The summed E-state index contributed by atoms with van der Waals surface area (Å²) in [5.74, 6) is 1.27. The zero-order valence-corrected chi connectivity index (χ0v) is 25.2. The Labute approximate surface area is 247 Å². The van der Waals surface area contributed by atoms with E-state index in [1.54, 1.807) is 24.9 Å². The van der Waals surface area contributed by atoms with Gasteiger partial charge in [0, 0.05) is 42.6 Å². The van der Waals surface area contributed by atoms with Gasteiger partial charge in [-0.05, 0) is 65.0 Å². The predicted molar refractivity (Wildman–Crippen MR) is 159 cm³/mol. The molecule has 222 valence electrons. The Bertz CT molecular complexity index is 1590. The number of carboxylic acid groups (broad SMARTS) is 1. The number of benzene rings is 1. The minimum absolute atomic E-state index is 0.0145. The number of aromatic nitrogens is 4. The number of carbonyl (C=O) groups excluding carboxylic acids is 2. The number of aryl methyl sites for hydroxylation is 2. The molecule has 0 radical (unpaired) electrons. The summed E-state index contributed by atoms with van der Waals surface area (Å²) in [5.41, 5.74) is 0.815. The molecule has 0 spiro atoms. The molecule has 1 aromatic carbocycles. The first-order chi connectivity index (χ1) is 19.9. The van der Waals surface area contributed by atoms with Crippen molar-refractivity contribution in [3.63, 3.8) is 0 Å². The van der Waals surface area contributed by atoms with Crippen LogP contribution in [0.15, 0.2) is 35.0 Å². The van der Waals surface area contributed by atoms with E-state index in [2.05, 4.69) is 25.4 Å². The van der Waals surface area contributed by atoms with Crippen LogP contribution >= 0.6 is 11.3 Å². The molecule has 2 N–H and O–H groups in total. The lowest BCUT2D eigenvalue weighted by Gasteiger charge is -2.37. The SMILES string of the molecule is CCN(C(=O)C1CC(Nc2nccc3ccc(-c4noc(C)n4)cc23)C1)c1nc(C)c(C(=O)OC(C)(C)C)s1.O=CO. The number of hydrogen-bond donors (Lipinski definition) is 2. The number of rotatable bonds is 7. The van der Waals surface area contributed by atoms with Crippen LogP contribution in [-0.2, 0) is 14.3 Å². The van der Waals surface area contributed by atoms with Crippen LogP contribution in [0.2, 0.25) is 0 Å². The summed E-state index contributed by atoms with van der Waals surface area (Å²) >= 11 is 1.20. The van der Waals surface area contributed by atoms with Gasteiger partial charge in [0.25, 0.3) is 6.47 Å². The summed E-state index contributed by atoms with van der Waals surface area (Å²) < 4.78 is 10.6. The highest BCUT2D eigenvalue weighted by molar-refractivity contribution is 7.17. The minimum Gasteiger partial charge on any atom is -0.483 e. The first-order valence-corrected chi connectivity index (χ1v) is 14.3. The average Bonchev–Trinajstić information content (AvgIpc) is 3.51. The molecule has 1 fully saturated rings. The molecule has 0 saturated heterocycles. The zero-order valence-electron chi connectivity index (χ0n) is 24.4. The van der Waals surface area contributed by atoms with Crippen molar-refractivity contribution >= 4 is 51.4 Å². The summed E-state index contributed by atoms with van der Waals surface area (Å²) in [6.07, 6.45) is 3.14. The van der Waals surface area contributed by atoms with Crippen LogP contribution in [0.5, 0.6) is 0 Å². The fraction of sp³-hybridized carbons (Fsp3) is 0.414. The molecule has 42 heavy (non-hydrogen) atoms. The van der Waals surface area contributed by atoms with Crippen molar-refractivity contribution in [2.45, 2.75) is 66.0 Å². The Morgan fingerprint density at radius 2 is 1.93 bits per heavy atom. The first kappa shape index (κ1) is 30.6. The molecule has 0 aliphatic heterocycles. The van der Waals surface area contributed by atoms with E-state index in [0.29, 0.717) is 46.8 Å². The van der Waals surface area contributed by atoms with Crippen LogP contribution in [0.3, 0.4) is 0 Å². The number of hydrogen-bond acceptors (Lipinski definition) is 11. The maximum Gasteiger partial charge on any atom is 0.350 e. The number of fused-ring (bicyclic) bond motifs is 1. The van der Waals surface area contributed by atoms with Gasteiger partial charge in [-0.25, -0.2) is 14.8 Å². The van der Waals surface area contributed by atoms with E-state index in [1.807, 2.05) is 52.0 Å². The molecule has 0 atom stereocenters. The minimum atomic E-state index is -0.603. The Hall–Kier alpha value is -4.39. The highest BCUT2D eigenvalue weighted by Crippen LogP contribution is 2.36. The van der Waals surface area contributed by atoms with Crippen molar-refractivity contribution in [2.75, 3.05) is 16.8 Å². The van der Waals surface area contributed by atoms with Gasteiger partial charge >= 0.3 is 5.97 Å². The molecule has 13 heteroatoms. The molecule has 1 amide bonds. The molecule has 0 bridgehead atoms. The van der Waals surface area contributed by atoms with Gasteiger partial charge in [0.05, 0.1) is 5.69 Å². The van der Waals surface area contributed by atoms with Crippen LogP contribution in [0, 0.1) is 19.8 Å². The van der Waals surface area contributed by atoms with Crippen molar-refractivity contribution in [1.82, 2.24) is 20.1 Å². The number of esters is 1. The third-order valence-corrected chi connectivity index (χ3v) is 7.72. The molecule has 3 heterocycles. The van der Waals surface area contributed by atoms with Gasteiger partial charge < -0.3 is 19.7 Å². The van der Waals surface area contributed by atoms with Crippen molar-refractivity contribution in [1.29, 1.82) is 0 Å². The van der Waals surface area contributed by atoms with Crippen LogP contribution in [0.1, 0.15) is 61.8 Å². The van der Waals surface area contributed by atoms with Crippen molar-refractivity contribution in [2.24, 2.45) is 5.92 Å². The molecule has 5 rings (SSSR count). The van der Waals surface area contributed by atoms with Crippen molar-refractivity contribution in [3.8, 4) is 11.4 Å². The summed E-state index contributed by atoms with van der Waals surface area (Å²) in [6, 6.07) is 8.04. The van der Waals surface area contributed by atoms with E-state index in [-0.39, 0.29) is 24.3 Å². The largest absolute Gasteiger partial charge is 0.483 e. The topological polar surface area (TPSA) is 161 Å². The van der Waals surface area contributed by atoms with E-state index in [9.17, 15) is 9.59 Å². The molecule has 0 unspecified atom stereocenters. The number of nitrogens with one attached hydrogen (secondary N) is 1. The van der Waals surface area contributed by atoms with Gasteiger partial charge in [-0.1, -0.05) is 28.6 Å². The second-order valence-electron chi connectivity index (χ2n) is 10.8. The predicted octanol–water partition coefficient (Wildman–Crippen LogP) is 5.26. The summed E-state index contributed by atoms with van der Waals surface area (Å²) in [4.78, 5) is 49.9. The first-order valence-electron chi connectivity index (χ1n) is 13.5. The van der Waals surface area contributed by atoms with Crippen LogP contribution < -0.4 is 10.2 Å². The maximum absolute atomic E-state index is 13.4. The molecule has 12 nitrogen and oxygen atoms in total. The summed E-state index contributed by atoms with van der Waals surface area (Å²) in [5, 5.41) is 16.9. The van der Waals surface area contributed by atoms with Crippen LogP contribution in [0.25, 0.3) is 22.2 Å². The van der Waals surface area contributed by atoms with Gasteiger partial charge in [-0.15, -0.1) is 0 Å². The quantitative estimate of drug-likeness (QED) is 0.212. The highest BCUT2D eigenvalue weighted by atomic mass is 32.1. The van der Waals surface area contributed by atoms with Crippen LogP contribution in [-0.4, -0.2) is 61.8 Å². The lowest BCUT2D eigenvalue weighted by atomic mass is 9.79. The molecular formula is C29H34N6O6S. The second kappa shape index (κ2) is 12.6. The van der Waals surface area contributed by atoms with E-state index in [1.165, 1.54) is 11.3 Å². The van der Waals surface area contributed by atoms with Gasteiger partial charge in [-0.3, -0.25) is 14.5 Å². The van der Waals surface area contributed by atoms with E-state index >= 15 is 0 Å². The van der Waals surface area contributed by atoms with Crippen molar-refractivity contribution < 1.29 is 28.8 Å². The zero-order chi connectivity index (χ0) is 30.6. The van der Waals surface area contributed by atoms with Gasteiger partial charge in [0.15, 0.2) is 5.13 Å². The molecule has 3 aromatic heterocycles. The Morgan fingerprint density at radius 3 is 2.55 bits per heavy atom. The van der Waals surface area contributed by atoms with E-state index in [0.717, 1.165) is 22.2 Å². The third kappa shape index (κ3) is 6.90. The molecular weight excluding hydrogens is 560 g/mol. The van der Waals surface area contributed by atoms with Gasteiger partial charge in [-0.2, -0.15) is 4.98 Å². The molecule has 1 aliphatic carbocycles. The Kier molecular flexibility index (Phi) is 9.20. The fourth-order valence-electron chi connectivity index (χ4n) is 4.59. The molecule has 1 saturated carbocycles. The number of carbonyl (C=O) groups is 3.